The summed E-state index contributed by atoms with van der Waals surface area (Å²) in [5.74, 6) is -0.267. The number of carbonyl (C=O) groups is 1. The Balaban J connectivity index is 2.75. The molecule has 13 heavy (non-hydrogen) atoms. The predicted octanol–water partition coefficient (Wildman–Crippen LogP) is 1.98. The third kappa shape index (κ3) is 2.93. The summed E-state index contributed by atoms with van der Waals surface area (Å²) in [5.41, 5.74) is 1.91. The second-order valence-corrected chi connectivity index (χ2v) is 4.28. The molecule has 1 aromatic carbocycles. The quantitative estimate of drug-likeness (QED) is 0.584. The minimum atomic E-state index is -0.267. The third-order valence-corrected chi connectivity index (χ3v) is 2.58. The molecule has 0 heterocycles. The fourth-order valence-electron chi connectivity index (χ4n) is 1.13. The van der Waals surface area contributed by atoms with E-state index in [1.54, 1.807) is 0 Å². The first kappa shape index (κ1) is 10.4. The van der Waals surface area contributed by atoms with Gasteiger partial charge >= 0.3 is 87.7 Å². The minimum absolute atomic E-state index is 0.267. The average Bonchev–Trinajstić information content (AvgIpc) is 2.18. The molecule has 65 valence electrons. The maximum absolute atomic E-state index is 11.1. The molecule has 0 fully saturated rings. The first-order chi connectivity index (χ1) is 6.27. The summed E-state index contributed by atoms with van der Waals surface area (Å²) in [6.45, 7) is 0. The Morgan fingerprint density at radius 1 is 1.38 bits per heavy atom. The number of hydrogen-bond donors (Lipinski definition) is 0. The summed E-state index contributed by atoms with van der Waals surface area (Å²) in [4.78, 5) is 11.1. The molecule has 1 aromatic rings. The normalized spacial score (nSPS) is 9.77. The van der Waals surface area contributed by atoms with E-state index in [0.717, 1.165) is 6.42 Å². The zero-order chi connectivity index (χ0) is 9.68. The average molecular weight is 229 g/mol. The van der Waals surface area contributed by atoms with Crippen LogP contribution < -0.4 is 0 Å². The monoisotopic (exact) mass is 227 g/mol. The molecule has 0 bridgehead atoms. The Hall–Kier alpha value is -0.687. The van der Waals surface area contributed by atoms with Crippen LogP contribution in [-0.4, -0.2) is 13.1 Å². The molecular weight excluding hydrogens is 217 g/mol. The molecule has 0 atom stereocenters. The van der Waals surface area contributed by atoms with E-state index >= 15 is 0 Å². The second-order valence-electron chi connectivity index (χ2n) is 2.79. The summed E-state index contributed by atoms with van der Waals surface area (Å²) in [6, 6.07) is 7.61. The summed E-state index contributed by atoms with van der Waals surface area (Å²) in [7, 11) is 1.40. The van der Waals surface area contributed by atoms with Crippen LogP contribution in [0.2, 0.25) is 5.02 Å². The van der Waals surface area contributed by atoms with Crippen LogP contribution in [0.3, 0.4) is 0 Å². The molecule has 0 aliphatic rings. The molecular formula is C10H11O2Zn. The molecule has 0 aliphatic heterocycles. The van der Waals surface area contributed by atoms with Crippen molar-refractivity contribution in [2.24, 2.45) is 0 Å². The van der Waals surface area contributed by atoms with Gasteiger partial charge in [-0.2, -0.15) is 0 Å². The molecule has 0 saturated carbocycles. The van der Waals surface area contributed by atoms with E-state index in [1.165, 1.54) is 36.0 Å². The van der Waals surface area contributed by atoms with Crippen LogP contribution in [0.1, 0.15) is 15.9 Å². The standard InChI is InChI=1S/C10H11O2.Zn/c1-3-8-4-6-9(7-5-8)10(11)12-2;/h4-7H,1,3H2,2H3;. The summed E-state index contributed by atoms with van der Waals surface area (Å²) in [6.07, 6.45) is 1.11. The van der Waals surface area contributed by atoms with Gasteiger partial charge < -0.3 is 0 Å². The maximum atomic E-state index is 11.1. The van der Waals surface area contributed by atoms with Gasteiger partial charge in [-0.15, -0.1) is 0 Å². The Bertz CT molecular complexity index is 279. The van der Waals surface area contributed by atoms with Crippen LogP contribution in [0.25, 0.3) is 0 Å². The number of methoxy groups -OCH3 is 1. The van der Waals surface area contributed by atoms with Crippen molar-refractivity contribution in [2.75, 3.05) is 7.11 Å². The molecule has 0 saturated heterocycles. The molecule has 0 unspecified atom stereocenters. The van der Waals surface area contributed by atoms with Crippen LogP contribution in [0.15, 0.2) is 24.3 Å². The van der Waals surface area contributed by atoms with E-state index in [-0.39, 0.29) is 5.97 Å². The first-order valence-electron chi connectivity index (χ1n) is 4.24. The van der Waals surface area contributed by atoms with Gasteiger partial charge in [0.1, 0.15) is 0 Å². The summed E-state index contributed by atoms with van der Waals surface area (Å²) < 4.78 is 4.60. The first-order valence-corrected chi connectivity index (χ1v) is 6.34. The van der Waals surface area contributed by atoms with Crippen molar-refractivity contribution in [1.29, 1.82) is 0 Å². The number of benzene rings is 1. The zero-order valence-corrected chi connectivity index (χ0v) is 10.7. The fourth-order valence-corrected chi connectivity index (χ4v) is 1.99. The van der Waals surface area contributed by atoms with Gasteiger partial charge in [-0.3, -0.25) is 0 Å². The van der Waals surface area contributed by atoms with Crippen LogP contribution in [0, 0.1) is 0 Å². The van der Waals surface area contributed by atoms with E-state index in [4.69, 9.17) is 0 Å². The van der Waals surface area contributed by atoms with Crippen molar-refractivity contribution in [3.8, 4) is 0 Å². The van der Waals surface area contributed by atoms with Gasteiger partial charge in [0, 0.05) is 0 Å². The van der Waals surface area contributed by atoms with Gasteiger partial charge in [0.2, 0.25) is 0 Å². The molecule has 0 N–H and O–H groups in total. The van der Waals surface area contributed by atoms with Crippen molar-refractivity contribution >= 4 is 5.97 Å². The topological polar surface area (TPSA) is 26.3 Å². The molecule has 3 heteroatoms. The van der Waals surface area contributed by atoms with Gasteiger partial charge in [-0.05, 0) is 0 Å². The van der Waals surface area contributed by atoms with Crippen LogP contribution in [0.4, 0.5) is 0 Å². The van der Waals surface area contributed by atoms with Crippen LogP contribution in [0.5, 0.6) is 0 Å². The molecule has 2 nitrogen and oxygen atoms in total. The van der Waals surface area contributed by atoms with Gasteiger partial charge in [0.05, 0.1) is 0 Å². The Labute approximate surface area is 88.0 Å². The van der Waals surface area contributed by atoms with E-state index < -0.39 is 0 Å². The third-order valence-electron chi connectivity index (χ3n) is 1.84. The van der Waals surface area contributed by atoms with E-state index in [2.05, 4.69) is 4.74 Å². The molecule has 0 amide bonds. The Morgan fingerprint density at radius 3 is 2.46 bits per heavy atom. The number of ether oxygens (including phenoxy) is 1. The number of carbonyl (C=O) groups excluding carboxylic acids is 1. The summed E-state index contributed by atoms with van der Waals surface area (Å²) >= 11 is 1.32. The zero-order valence-electron chi connectivity index (χ0n) is 7.75. The van der Waals surface area contributed by atoms with Gasteiger partial charge in [0.15, 0.2) is 0 Å². The molecule has 0 radical (unpaired) electrons. The van der Waals surface area contributed by atoms with Gasteiger partial charge in [0.25, 0.3) is 0 Å². The van der Waals surface area contributed by atoms with E-state index in [0.29, 0.717) is 5.56 Å². The Morgan fingerprint density at radius 2 is 2.00 bits per heavy atom. The molecule has 0 aromatic heterocycles. The van der Waals surface area contributed by atoms with E-state index in [1.807, 2.05) is 24.3 Å². The molecule has 0 aliphatic carbocycles. The van der Waals surface area contributed by atoms with E-state index in [9.17, 15) is 4.79 Å². The van der Waals surface area contributed by atoms with Crippen molar-refractivity contribution in [2.45, 2.75) is 11.4 Å². The SMILES string of the molecule is COC(=O)c1ccc(C[CH2][Zn])cc1. The number of esters is 1. The molecule has 1 rings (SSSR count). The van der Waals surface area contributed by atoms with Crippen LogP contribution in [-0.2, 0) is 29.5 Å². The van der Waals surface area contributed by atoms with Gasteiger partial charge in [-0.1, -0.05) is 0 Å². The van der Waals surface area contributed by atoms with Gasteiger partial charge in [-0.25, -0.2) is 0 Å². The van der Waals surface area contributed by atoms with Crippen molar-refractivity contribution < 1.29 is 27.8 Å². The Kier molecular flexibility index (Phi) is 4.10. The van der Waals surface area contributed by atoms with Crippen LogP contribution >= 0.6 is 0 Å². The van der Waals surface area contributed by atoms with Crippen molar-refractivity contribution in [3.63, 3.8) is 0 Å². The number of hydrogen-bond acceptors (Lipinski definition) is 2. The second kappa shape index (κ2) is 5.13. The van der Waals surface area contributed by atoms with Crippen molar-refractivity contribution in [3.05, 3.63) is 35.4 Å². The number of aryl methyl sites for hydroxylation is 1. The number of rotatable bonds is 3. The molecule has 0 spiro atoms. The summed E-state index contributed by atoms with van der Waals surface area (Å²) in [5, 5.41) is 1.25. The van der Waals surface area contributed by atoms with Crippen molar-refractivity contribution in [1.82, 2.24) is 0 Å². The predicted molar refractivity (Wildman–Crippen MR) is 46.3 cm³/mol. The fraction of sp³-hybridized carbons (Fsp3) is 0.300.